The molecule has 0 aliphatic carbocycles. The van der Waals surface area contributed by atoms with Crippen molar-refractivity contribution in [2.45, 2.75) is 19.8 Å². The molecule has 1 amide bonds. The van der Waals surface area contributed by atoms with E-state index in [2.05, 4.69) is 19.2 Å². The molecule has 0 aromatic heterocycles. The van der Waals surface area contributed by atoms with Crippen molar-refractivity contribution in [3.8, 4) is 11.5 Å². The molecule has 0 fully saturated rings. The predicted molar refractivity (Wildman–Crippen MR) is 69.5 cm³/mol. The highest BCUT2D eigenvalue weighted by atomic mass is 16.5. The van der Waals surface area contributed by atoms with Gasteiger partial charge in [0.15, 0.2) is 11.5 Å². The molecule has 0 bridgehead atoms. The Balaban J connectivity index is 2.65. The molecule has 1 aliphatic rings. The van der Waals surface area contributed by atoms with Crippen LogP contribution in [-0.4, -0.2) is 26.7 Å². The number of hydrogen-bond acceptors (Lipinski definition) is 3. The van der Waals surface area contributed by atoms with Gasteiger partial charge in [-0.2, -0.15) is 0 Å². The molecule has 1 N–H and O–H groups in total. The molecule has 1 aromatic carbocycles. The molecule has 4 nitrogen and oxygen atoms in total. The second-order valence-corrected chi connectivity index (χ2v) is 4.82. The van der Waals surface area contributed by atoms with Crippen LogP contribution in [0.25, 0.3) is 0 Å². The molecule has 18 heavy (non-hydrogen) atoms. The lowest BCUT2D eigenvalue weighted by Crippen LogP contribution is -2.37. The van der Waals surface area contributed by atoms with Crippen LogP contribution in [0, 0.1) is 5.92 Å². The molecular formula is C14H19NO3. The number of carbonyl (C=O) groups is 1. The van der Waals surface area contributed by atoms with E-state index < -0.39 is 0 Å². The summed E-state index contributed by atoms with van der Waals surface area (Å²) in [6.07, 6.45) is 0. The lowest BCUT2D eigenvalue weighted by Gasteiger charge is -2.30. The van der Waals surface area contributed by atoms with Crippen molar-refractivity contribution in [3.05, 3.63) is 23.3 Å². The first-order chi connectivity index (χ1) is 8.60. The van der Waals surface area contributed by atoms with Crippen LogP contribution in [0.4, 0.5) is 0 Å². The fourth-order valence-corrected chi connectivity index (χ4v) is 2.49. The van der Waals surface area contributed by atoms with E-state index >= 15 is 0 Å². The van der Waals surface area contributed by atoms with Crippen molar-refractivity contribution in [2.24, 2.45) is 5.92 Å². The first-order valence-corrected chi connectivity index (χ1v) is 6.13. The van der Waals surface area contributed by atoms with Crippen LogP contribution in [-0.2, 0) is 0 Å². The number of amides is 1. The predicted octanol–water partition coefficient (Wildman–Crippen LogP) is 2.19. The smallest absolute Gasteiger partial charge is 0.251 e. The van der Waals surface area contributed by atoms with Gasteiger partial charge < -0.3 is 14.8 Å². The molecule has 1 unspecified atom stereocenters. The maximum absolute atomic E-state index is 11.9. The minimum atomic E-state index is -0.0390. The zero-order valence-corrected chi connectivity index (χ0v) is 11.2. The summed E-state index contributed by atoms with van der Waals surface area (Å²) < 4.78 is 10.8. The molecule has 1 atom stereocenters. The number of benzene rings is 1. The Morgan fingerprint density at radius 1 is 1.28 bits per heavy atom. The van der Waals surface area contributed by atoms with E-state index in [4.69, 9.17) is 9.47 Å². The molecule has 1 heterocycles. The minimum Gasteiger partial charge on any atom is -0.493 e. The van der Waals surface area contributed by atoms with E-state index in [9.17, 15) is 4.79 Å². The van der Waals surface area contributed by atoms with E-state index in [1.54, 1.807) is 26.4 Å². The summed E-state index contributed by atoms with van der Waals surface area (Å²) in [5.74, 6) is 2.00. The van der Waals surface area contributed by atoms with Gasteiger partial charge in [-0.3, -0.25) is 4.79 Å². The first kappa shape index (κ1) is 12.7. The molecule has 0 saturated carbocycles. The van der Waals surface area contributed by atoms with Crippen LogP contribution >= 0.6 is 0 Å². The third-order valence-electron chi connectivity index (χ3n) is 3.49. The highest BCUT2D eigenvalue weighted by Crippen LogP contribution is 2.42. The topological polar surface area (TPSA) is 47.6 Å². The Hall–Kier alpha value is -1.71. The Labute approximate surface area is 107 Å². The monoisotopic (exact) mass is 249 g/mol. The summed E-state index contributed by atoms with van der Waals surface area (Å²) in [6, 6.07) is 3.58. The zero-order valence-electron chi connectivity index (χ0n) is 11.2. The summed E-state index contributed by atoms with van der Waals surface area (Å²) in [6.45, 7) is 4.93. The molecule has 2 rings (SSSR count). The van der Waals surface area contributed by atoms with Crippen LogP contribution in [0.3, 0.4) is 0 Å². The van der Waals surface area contributed by atoms with E-state index in [0.717, 1.165) is 5.56 Å². The summed E-state index contributed by atoms with van der Waals surface area (Å²) in [7, 11) is 3.22. The second-order valence-electron chi connectivity index (χ2n) is 4.82. The molecule has 0 saturated heterocycles. The SMILES string of the molecule is COc1ccc2c(c1OC)C(C(C)C)CNC2=O. The standard InChI is InChI=1S/C14H19NO3/c1-8(2)10-7-15-14(16)9-5-6-11(17-3)13(18-4)12(9)10/h5-6,8,10H,7H2,1-4H3,(H,15,16). The third kappa shape index (κ3) is 1.92. The number of carbonyl (C=O) groups excluding carboxylic acids is 1. The summed E-state index contributed by atoms with van der Waals surface area (Å²) >= 11 is 0. The quantitative estimate of drug-likeness (QED) is 0.893. The summed E-state index contributed by atoms with van der Waals surface area (Å²) in [5, 5.41) is 2.92. The molecule has 1 aliphatic heterocycles. The van der Waals surface area contributed by atoms with E-state index in [1.807, 2.05) is 0 Å². The van der Waals surface area contributed by atoms with Crippen LogP contribution in [0.2, 0.25) is 0 Å². The average Bonchev–Trinajstić information content (AvgIpc) is 2.37. The van der Waals surface area contributed by atoms with Gasteiger partial charge in [-0.25, -0.2) is 0 Å². The summed E-state index contributed by atoms with van der Waals surface area (Å²) in [5.41, 5.74) is 1.66. The van der Waals surface area contributed by atoms with Gasteiger partial charge in [-0.1, -0.05) is 13.8 Å². The van der Waals surface area contributed by atoms with E-state index in [0.29, 0.717) is 29.5 Å². The van der Waals surface area contributed by atoms with Crippen molar-refractivity contribution in [3.63, 3.8) is 0 Å². The Bertz CT molecular complexity index is 468. The van der Waals surface area contributed by atoms with Crippen molar-refractivity contribution in [1.82, 2.24) is 5.32 Å². The molecular weight excluding hydrogens is 230 g/mol. The van der Waals surface area contributed by atoms with Gasteiger partial charge in [0.05, 0.1) is 14.2 Å². The van der Waals surface area contributed by atoms with Crippen LogP contribution < -0.4 is 14.8 Å². The number of methoxy groups -OCH3 is 2. The number of hydrogen-bond donors (Lipinski definition) is 1. The highest BCUT2D eigenvalue weighted by Gasteiger charge is 2.32. The van der Waals surface area contributed by atoms with Gasteiger partial charge in [0.1, 0.15) is 0 Å². The van der Waals surface area contributed by atoms with E-state index in [1.165, 1.54) is 0 Å². The fraction of sp³-hybridized carbons (Fsp3) is 0.500. The molecule has 98 valence electrons. The van der Waals surface area contributed by atoms with E-state index in [-0.39, 0.29) is 11.8 Å². The van der Waals surface area contributed by atoms with Crippen molar-refractivity contribution < 1.29 is 14.3 Å². The van der Waals surface area contributed by atoms with Gasteiger partial charge >= 0.3 is 0 Å². The lowest BCUT2D eigenvalue weighted by molar-refractivity contribution is 0.0934. The molecule has 0 radical (unpaired) electrons. The van der Waals surface area contributed by atoms with Crippen LogP contribution in [0.15, 0.2) is 12.1 Å². The van der Waals surface area contributed by atoms with Crippen molar-refractivity contribution in [2.75, 3.05) is 20.8 Å². The Morgan fingerprint density at radius 2 is 2.00 bits per heavy atom. The molecule has 1 aromatic rings. The van der Waals surface area contributed by atoms with Crippen LogP contribution in [0.1, 0.15) is 35.7 Å². The maximum Gasteiger partial charge on any atom is 0.251 e. The first-order valence-electron chi connectivity index (χ1n) is 6.13. The molecule has 4 heteroatoms. The molecule has 0 spiro atoms. The minimum absolute atomic E-state index is 0.0390. The number of rotatable bonds is 3. The van der Waals surface area contributed by atoms with Crippen molar-refractivity contribution in [1.29, 1.82) is 0 Å². The number of ether oxygens (including phenoxy) is 2. The number of fused-ring (bicyclic) bond motifs is 1. The zero-order chi connectivity index (χ0) is 13.3. The van der Waals surface area contributed by atoms with Gasteiger partial charge in [0.25, 0.3) is 5.91 Å². The lowest BCUT2D eigenvalue weighted by atomic mass is 9.82. The second kappa shape index (κ2) is 4.88. The average molecular weight is 249 g/mol. The van der Waals surface area contributed by atoms with Gasteiger partial charge in [-0.15, -0.1) is 0 Å². The van der Waals surface area contributed by atoms with Gasteiger partial charge in [0.2, 0.25) is 0 Å². The fourth-order valence-electron chi connectivity index (χ4n) is 2.49. The maximum atomic E-state index is 11.9. The van der Waals surface area contributed by atoms with Gasteiger partial charge in [0, 0.05) is 23.6 Å². The van der Waals surface area contributed by atoms with Gasteiger partial charge in [-0.05, 0) is 18.1 Å². The summed E-state index contributed by atoms with van der Waals surface area (Å²) in [4.78, 5) is 11.9. The normalized spacial score (nSPS) is 18.3. The Kier molecular flexibility index (Phi) is 3.45. The third-order valence-corrected chi connectivity index (χ3v) is 3.49. The largest absolute Gasteiger partial charge is 0.493 e. The van der Waals surface area contributed by atoms with Crippen LogP contribution in [0.5, 0.6) is 11.5 Å². The Morgan fingerprint density at radius 3 is 2.56 bits per heavy atom. The van der Waals surface area contributed by atoms with Crippen molar-refractivity contribution >= 4 is 5.91 Å². The highest BCUT2D eigenvalue weighted by molar-refractivity contribution is 5.98. The number of nitrogens with one attached hydrogen (secondary N) is 1.